The lowest BCUT2D eigenvalue weighted by molar-refractivity contribution is -0.144. The maximum atomic E-state index is 13.4. The number of nitrogens with zero attached hydrogens (tertiary/aromatic N) is 3. The number of hydrogen-bond donors (Lipinski definition) is 5. The summed E-state index contributed by atoms with van der Waals surface area (Å²) >= 11 is 0. The van der Waals surface area contributed by atoms with Crippen LogP contribution < -0.4 is 11.5 Å². The van der Waals surface area contributed by atoms with Gasteiger partial charge in [0.05, 0.1) is 12.2 Å². The van der Waals surface area contributed by atoms with Crippen LogP contribution in [0, 0.1) is 5.92 Å². The molecule has 13 heteroatoms. The van der Waals surface area contributed by atoms with Gasteiger partial charge in [-0.2, -0.15) is 17.0 Å². The van der Waals surface area contributed by atoms with E-state index in [1.54, 1.807) is 24.4 Å². The van der Waals surface area contributed by atoms with Gasteiger partial charge in [-0.3, -0.25) is 9.78 Å². The number of pyridine rings is 1. The van der Waals surface area contributed by atoms with Crippen molar-refractivity contribution in [2.75, 3.05) is 13.1 Å². The zero-order valence-corrected chi connectivity index (χ0v) is 17.4. The van der Waals surface area contributed by atoms with Crippen LogP contribution in [0.4, 0.5) is 0 Å². The van der Waals surface area contributed by atoms with Crippen molar-refractivity contribution >= 4 is 23.3 Å². The molecule has 7 N–H and O–H groups in total. The summed E-state index contributed by atoms with van der Waals surface area (Å²) in [7, 11) is -5.55. The minimum Gasteiger partial charge on any atom is -0.480 e. The summed E-state index contributed by atoms with van der Waals surface area (Å²) in [5.74, 6) is -1.94. The molecule has 2 unspecified atom stereocenters. The lowest BCUT2D eigenvalue weighted by atomic mass is 9.78. The van der Waals surface area contributed by atoms with E-state index >= 15 is 0 Å². The van der Waals surface area contributed by atoms with E-state index < -0.39 is 34.8 Å². The minimum atomic E-state index is -4.04. The zero-order chi connectivity index (χ0) is 22.1. The summed E-state index contributed by atoms with van der Waals surface area (Å²) in [5, 5.41) is 27.7. The summed E-state index contributed by atoms with van der Waals surface area (Å²) in [5.41, 5.74) is 10.9. The van der Waals surface area contributed by atoms with Crippen LogP contribution in [0.3, 0.4) is 0 Å². The van der Waals surface area contributed by atoms with Crippen molar-refractivity contribution in [3.05, 3.63) is 30.1 Å². The van der Waals surface area contributed by atoms with Crippen LogP contribution in [0.25, 0.3) is 0 Å². The number of aromatic nitrogens is 1. The Labute approximate surface area is 176 Å². The van der Waals surface area contributed by atoms with Gasteiger partial charge in [-0.05, 0) is 31.3 Å². The Bertz CT molecular complexity index is 859. The van der Waals surface area contributed by atoms with Crippen LogP contribution in [0.5, 0.6) is 0 Å². The molecule has 30 heavy (non-hydrogen) atoms. The van der Waals surface area contributed by atoms with Crippen molar-refractivity contribution in [1.29, 1.82) is 0 Å². The normalized spacial score (nSPS) is 29.3. The van der Waals surface area contributed by atoms with Crippen molar-refractivity contribution < 1.29 is 28.4 Å². The lowest BCUT2D eigenvalue weighted by Gasteiger charge is -2.28. The molecule has 166 valence electrons. The number of carbonyl (C=O) groups is 1. The number of nitrogens with two attached hydrogens (primary N) is 2. The Kier molecular flexibility index (Phi) is 6.82. The van der Waals surface area contributed by atoms with Crippen LogP contribution in [0.15, 0.2) is 24.4 Å². The Hall–Kier alpha value is -1.61. The third-order valence-corrected chi connectivity index (χ3v) is 7.77. The molecule has 1 aromatic heterocycles. The Morgan fingerprint density at radius 3 is 2.63 bits per heavy atom. The maximum Gasteiger partial charge on any atom is 0.451 e. The van der Waals surface area contributed by atoms with Gasteiger partial charge in [-0.1, -0.05) is 12.5 Å². The van der Waals surface area contributed by atoms with E-state index in [2.05, 4.69) is 4.98 Å². The summed E-state index contributed by atoms with van der Waals surface area (Å²) in [6.45, 7) is -0.394. The third-order valence-electron chi connectivity index (χ3n) is 5.84. The predicted molar refractivity (Wildman–Crippen MR) is 109 cm³/mol. The summed E-state index contributed by atoms with van der Waals surface area (Å²) in [6, 6.07) is 4.55. The van der Waals surface area contributed by atoms with Crippen molar-refractivity contribution in [3.63, 3.8) is 0 Å². The average molecular weight is 441 g/mol. The zero-order valence-electron chi connectivity index (χ0n) is 16.5. The highest BCUT2D eigenvalue weighted by Gasteiger charge is 2.55. The monoisotopic (exact) mass is 441 g/mol. The molecule has 2 fully saturated rings. The van der Waals surface area contributed by atoms with Crippen molar-refractivity contribution in [2.45, 2.75) is 49.8 Å². The number of hydrogen-bond acceptors (Lipinski definition) is 8. The molecule has 2 aliphatic rings. The SMILES string of the molecule is NC1CC1N(Cc1ccccn1)S(=O)(=O)N1C[C@H](CCCB(O)O)[C@](N)(C(=O)O)C1. The topological polar surface area (TPSA) is 183 Å². The molecule has 1 saturated carbocycles. The second-order valence-electron chi connectivity index (χ2n) is 8.09. The van der Waals surface area contributed by atoms with E-state index in [1.807, 2.05) is 0 Å². The fraction of sp³-hybridized carbons (Fsp3) is 0.647. The van der Waals surface area contributed by atoms with E-state index in [-0.39, 0.29) is 44.5 Å². The van der Waals surface area contributed by atoms with Crippen LogP contribution in [-0.2, 0) is 21.5 Å². The highest BCUT2D eigenvalue weighted by atomic mass is 32.2. The highest BCUT2D eigenvalue weighted by Crippen LogP contribution is 2.36. The van der Waals surface area contributed by atoms with Crippen molar-refractivity contribution in [3.8, 4) is 0 Å². The van der Waals surface area contributed by atoms with Gasteiger partial charge in [0, 0.05) is 37.3 Å². The van der Waals surface area contributed by atoms with Crippen molar-refractivity contribution in [1.82, 2.24) is 13.6 Å². The maximum absolute atomic E-state index is 13.4. The average Bonchev–Trinajstić information content (AvgIpc) is 3.29. The van der Waals surface area contributed by atoms with Crippen molar-refractivity contribution in [2.24, 2.45) is 17.4 Å². The molecule has 0 amide bonds. The molecule has 4 atom stereocenters. The van der Waals surface area contributed by atoms with E-state index in [4.69, 9.17) is 21.5 Å². The number of rotatable bonds is 10. The molecule has 2 heterocycles. The smallest absolute Gasteiger partial charge is 0.451 e. The molecule has 1 aliphatic carbocycles. The highest BCUT2D eigenvalue weighted by molar-refractivity contribution is 7.86. The van der Waals surface area contributed by atoms with Gasteiger partial charge in [-0.25, -0.2) is 0 Å². The minimum absolute atomic E-state index is 0.0318. The first kappa shape index (κ1) is 23.1. The first-order valence-electron chi connectivity index (χ1n) is 9.86. The summed E-state index contributed by atoms with van der Waals surface area (Å²) < 4.78 is 29.3. The van der Waals surface area contributed by atoms with Crippen LogP contribution in [0.1, 0.15) is 25.0 Å². The van der Waals surface area contributed by atoms with Gasteiger partial charge >= 0.3 is 13.1 Å². The quantitative estimate of drug-likeness (QED) is 0.261. The standard InChI is InChI=1S/C17H28BN5O6S/c19-14-8-15(14)23(10-13-5-1-2-7-21-13)30(28,29)22-9-12(4-3-6-18(26)27)17(20,11-22)16(24)25/h1-2,5,7,12,14-15,26-27H,3-4,6,8-11,19-20H2,(H,24,25)/t12-,14?,15?,17-/m0/s1. The fourth-order valence-electron chi connectivity index (χ4n) is 3.91. The Morgan fingerprint density at radius 2 is 2.10 bits per heavy atom. The van der Waals surface area contributed by atoms with E-state index in [1.165, 1.54) is 4.31 Å². The van der Waals surface area contributed by atoms with Crippen LogP contribution in [0.2, 0.25) is 6.32 Å². The van der Waals surface area contributed by atoms with E-state index in [0.717, 1.165) is 4.31 Å². The molecule has 1 aromatic rings. The van der Waals surface area contributed by atoms with Gasteiger partial charge in [0.25, 0.3) is 10.2 Å². The molecule has 0 aromatic carbocycles. The molecular weight excluding hydrogens is 413 g/mol. The molecule has 0 bridgehead atoms. The summed E-state index contributed by atoms with van der Waals surface area (Å²) in [6.07, 6.45) is 2.72. The van der Waals surface area contributed by atoms with Crippen LogP contribution >= 0.6 is 0 Å². The fourth-order valence-corrected chi connectivity index (χ4v) is 5.83. The van der Waals surface area contributed by atoms with Gasteiger partial charge in [0.1, 0.15) is 5.54 Å². The summed E-state index contributed by atoms with van der Waals surface area (Å²) in [4.78, 5) is 16.1. The largest absolute Gasteiger partial charge is 0.480 e. The number of carboxylic acid groups (broad SMARTS) is 1. The van der Waals surface area contributed by atoms with Crippen LogP contribution in [-0.4, -0.2) is 81.0 Å². The number of carboxylic acids is 1. The molecule has 0 spiro atoms. The second-order valence-corrected chi connectivity index (χ2v) is 9.97. The van der Waals surface area contributed by atoms with Gasteiger partial charge in [-0.15, -0.1) is 0 Å². The van der Waals surface area contributed by atoms with E-state index in [9.17, 15) is 18.3 Å². The van der Waals surface area contributed by atoms with Gasteiger partial charge in [0.15, 0.2) is 0 Å². The van der Waals surface area contributed by atoms with Gasteiger partial charge in [0.2, 0.25) is 0 Å². The molecule has 1 saturated heterocycles. The molecule has 0 radical (unpaired) electrons. The molecule has 11 nitrogen and oxygen atoms in total. The lowest BCUT2D eigenvalue weighted by Crippen LogP contribution is -2.55. The molecule has 3 rings (SSSR count). The molecule has 1 aliphatic heterocycles. The predicted octanol–water partition coefficient (Wildman–Crippen LogP) is -1.81. The Balaban J connectivity index is 1.81. The first-order valence-corrected chi connectivity index (χ1v) is 11.3. The first-order chi connectivity index (χ1) is 14.1. The molecular formula is C17H28BN5O6S. The van der Waals surface area contributed by atoms with Gasteiger partial charge < -0.3 is 26.6 Å². The Morgan fingerprint density at radius 1 is 1.40 bits per heavy atom. The van der Waals surface area contributed by atoms with E-state index in [0.29, 0.717) is 18.5 Å². The number of aliphatic carboxylic acids is 1. The third kappa shape index (κ3) is 4.83. The second kappa shape index (κ2) is 8.87.